The van der Waals surface area contributed by atoms with E-state index in [0.717, 1.165) is 34.4 Å². The van der Waals surface area contributed by atoms with Crippen molar-refractivity contribution in [3.8, 4) is 11.5 Å². The summed E-state index contributed by atoms with van der Waals surface area (Å²) < 4.78 is 12.8. The Morgan fingerprint density at radius 2 is 1.74 bits per heavy atom. The largest absolute Gasteiger partial charge is 0.490 e. The fraction of sp³-hybridized carbons (Fsp3) is 0.429. The van der Waals surface area contributed by atoms with Crippen molar-refractivity contribution < 1.29 is 9.47 Å². The minimum Gasteiger partial charge on any atom is -0.490 e. The molecule has 0 fully saturated rings. The zero-order valence-electron chi connectivity index (χ0n) is 15.8. The summed E-state index contributed by atoms with van der Waals surface area (Å²) in [5.74, 6) is 1.44. The molecule has 148 valence electrons. The van der Waals surface area contributed by atoms with Crippen LogP contribution in [0.2, 0.25) is 10.0 Å². The predicted molar refractivity (Wildman–Crippen MR) is 117 cm³/mol. The van der Waals surface area contributed by atoms with Gasteiger partial charge < -0.3 is 14.8 Å². The quantitative estimate of drug-likeness (QED) is 0.355. The number of hydrogen-bond acceptors (Lipinski definition) is 3. The van der Waals surface area contributed by atoms with Gasteiger partial charge in [-0.3, -0.25) is 0 Å². The summed E-state index contributed by atoms with van der Waals surface area (Å²) in [7, 11) is 0. The summed E-state index contributed by atoms with van der Waals surface area (Å²) in [6.07, 6.45) is 3.67. The van der Waals surface area contributed by atoms with Gasteiger partial charge in [-0.1, -0.05) is 65.0 Å². The van der Waals surface area contributed by atoms with E-state index in [1.165, 1.54) is 19.3 Å². The zero-order valence-corrected chi connectivity index (χ0v) is 18.9. The topological polar surface area (TPSA) is 30.5 Å². The van der Waals surface area contributed by atoms with Crippen molar-refractivity contribution in [2.75, 3.05) is 13.2 Å². The second-order valence-electron chi connectivity index (χ2n) is 6.24. The van der Waals surface area contributed by atoms with Crippen LogP contribution in [0.4, 0.5) is 0 Å². The number of nitrogens with one attached hydrogen (secondary N) is 1. The first-order valence-electron chi connectivity index (χ1n) is 9.27. The van der Waals surface area contributed by atoms with Crippen molar-refractivity contribution in [3.05, 3.63) is 56.0 Å². The summed E-state index contributed by atoms with van der Waals surface area (Å²) >= 11 is 15.7. The van der Waals surface area contributed by atoms with E-state index in [9.17, 15) is 0 Å². The molecule has 0 amide bonds. The van der Waals surface area contributed by atoms with E-state index in [0.29, 0.717) is 29.0 Å². The van der Waals surface area contributed by atoms with Crippen LogP contribution < -0.4 is 14.8 Å². The highest BCUT2D eigenvalue weighted by Gasteiger charge is 2.11. The standard InChI is InChI=1S/C21H26BrCl2NO2/c1-3-5-6-9-25-13-16-11-20(26-4-2)21(12-17(16)22)27-14-15-7-8-18(23)19(24)10-15/h7-8,10-12,25H,3-6,9,13-14H2,1-2H3. The Kier molecular flexibility index (Phi) is 9.77. The van der Waals surface area contributed by atoms with Crippen molar-refractivity contribution in [1.82, 2.24) is 5.32 Å². The molecule has 1 N–H and O–H groups in total. The monoisotopic (exact) mass is 473 g/mol. The molecule has 2 aromatic rings. The van der Waals surface area contributed by atoms with Crippen molar-refractivity contribution in [1.29, 1.82) is 0 Å². The van der Waals surface area contributed by atoms with Crippen molar-refractivity contribution in [2.45, 2.75) is 46.3 Å². The van der Waals surface area contributed by atoms with Crippen LogP contribution in [0.25, 0.3) is 0 Å². The molecule has 0 saturated carbocycles. The van der Waals surface area contributed by atoms with Gasteiger partial charge in [-0.15, -0.1) is 0 Å². The Morgan fingerprint density at radius 3 is 2.44 bits per heavy atom. The number of hydrogen-bond donors (Lipinski definition) is 1. The molecule has 0 aromatic heterocycles. The van der Waals surface area contributed by atoms with E-state index in [4.69, 9.17) is 32.7 Å². The van der Waals surface area contributed by atoms with E-state index in [1.54, 1.807) is 6.07 Å². The van der Waals surface area contributed by atoms with E-state index in [1.807, 2.05) is 31.2 Å². The van der Waals surface area contributed by atoms with E-state index < -0.39 is 0 Å². The summed E-state index contributed by atoms with van der Waals surface area (Å²) in [6.45, 7) is 6.94. The number of unbranched alkanes of at least 4 members (excludes halogenated alkanes) is 2. The Hall–Kier alpha value is -0.940. The molecule has 6 heteroatoms. The highest BCUT2D eigenvalue weighted by molar-refractivity contribution is 9.10. The zero-order chi connectivity index (χ0) is 19.6. The molecule has 0 heterocycles. The maximum Gasteiger partial charge on any atom is 0.162 e. The van der Waals surface area contributed by atoms with Gasteiger partial charge in [-0.25, -0.2) is 0 Å². The van der Waals surface area contributed by atoms with Gasteiger partial charge in [-0.2, -0.15) is 0 Å². The molecule has 2 rings (SSSR count). The molecule has 0 atom stereocenters. The molecule has 0 aliphatic carbocycles. The van der Waals surface area contributed by atoms with E-state index in [-0.39, 0.29) is 0 Å². The Labute approximate surface area is 180 Å². The van der Waals surface area contributed by atoms with Crippen LogP contribution >= 0.6 is 39.1 Å². The lowest BCUT2D eigenvalue weighted by Gasteiger charge is -2.16. The fourth-order valence-electron chi connectivity index (χ4n) is 2.61. The van der Waals surface area contributed by atoms with E-state index in [2.05, 4.69) is 28.2 Å². The second kappa shape index (κ2) is 11.8. The maximum atomic E-state index is 6.08. The SMILES string of the molecule is CCCCCNCc1cc(OCC)c(OCc2ccc(Cl)c(Cl)c2)cc1Br. The van der Waals surface area contributed by atoms with Gasteiger partial charge in [0.25, 0.3) is 0 Å². The van der Waals surface area contributed by atoms with Crippen molar-refractivity contribution in [2.24, 2.45) is 0 Å². The predicted octanol–water partition coefficient (Wildman–Crippen LogP) is 7.01. The molecule has 0 bridgehead atoms. The molecule has 0 unspecified atom stereocenters. The highest BCUT2D eigenvalue weighted by Crippen LogP contribution is 2.34. The molecule has 27 heavy (non-hydrogen) atoms. The summed E-state index contributed by atoms with van der Waals surface area (Å²) in [6, 6.07) is 9.48. The number of rotatable bonds is 11. The van der Waals surface area contributed by atoms with Crippen molar-refractivity contribution in [3.63, 3.8) is 0 Å². The number of benzene rings is 2. The molecular weight excluding hydrogens is 449 g/mol. The van der Waals surface area contributed by atoms with Crippen LogP contribution in [0, 0.1) is 0 Å². The second-order valence-corrected chi connectivity index (χ2v) is 7.91. The smallest absolute Gasteiger partial charge is 0.162 e. The van der Waals surface area contributed by atoms with Gasteiger partial charge in [-0.05, 0) is 55.3 Å². The molecule has 0 aliphatic heterocycles. The highest BCUT2D eigenvalue weighted by atomic mass is 79.9. The normalized spacial score (nSPS) is 10.9. The molecular formula is C21H26BrCl2NO2. The van der Waals surface area contributed by atoms with Crippen LogP contribution in [0.15, 0.2) is 34.8 Å². The van der Waals surface area contributed by atoms with Crippen LogP contribution in [-0.4, -0.2) is 13.2 Å². The number of halogens is 3. The fourth-order valence-corrected chi connectivity index (χ4v) is 3.39. The number of ether oxygens (including phenoxy) is 2. The molecule has 3 nitrogen and oxygen atoms in total. The Bertz CT molecular complexity index is 740. The summed E-state index contributed by atoms with van der Waals surface area (Å²) in [5, 5.41) is 4.54. The molecule has 0 radical (unpaired) electrons. The summed E-state index contributed by atoms with van der Waals surface area (Å²) in [4.78, 5) is 0. The average Bonchev–Trinajstić information content (AvgIpc) is 2.65. The maximum absolute atomic E-state index is 6.08. The molecule has 0 aliphatic rings. The Morgan fingerprint density at radius 1 is 0.963 bits per heavy atom. The summed E-state index contributed by atoms with van der Waals surface area (Å²) in [5.41, 5.74) is 2.10. The van der Waals surface area contributed by atoms with Crippen LogP contribution in [0.3, 0.4) is 0 Å². The first-order valence-corrected chi connectivity index (χ1v) is 10.8. The lowest BCUT2D eigenvalue weighted by atomic mass is 10.2. The van der Waals surface area contributed by atoms with E-state index >= 15 is 0 Å². The van der Waals surface area contributed by atoms with Gasteiger partial charge >= 0.3 is 0 Å². The first kappa shape index (κ1) is 22.4. The van der Waals surface area contributed by atoms with Gasteiger partial charge in [0, 0.05) is 11.0 Å². The minimum atomic E-state index is 0.387. The van der Waals surface area contributed by atoms with Crippen LogP contribution in [-0.2, 0) is 13.2 Å². The van der Waals surface area contributed by atoms with Gasteiger partial charge in [0.1, 0.15) is 6.61 Å². The first-order chi connectivity index (χ1) is 13.0. The van der Waals surface area contributed by atoms with Gasteiger partial charge in [0.15, 0.2) is 11.5 Å². The van der Waals surface area contributed by atoms with Gasteiger partial charge in [0.05, 0.1) is 16.7 Å². The lowest BCUT2D eigenvalue weighted by molar-refractivity contribution is 0.269. The third-order valence-corrected chi connectivity index (χ3v) is 5.54. The molecule has 2 aromatic carbocycles. The third-order valence-electron chi connectivity index (χ3n) is 4.06. The lowest BCUT2D eigenvalue weighted by Crippen LogP contribution is -2.15. The molecule has 0 saturated heterocycles. The Balaban J connectivity index is 2.06. The third kappa shape index (κ3) is 7.19. The van der Waals surface area contributed by atoms with Crippen molar-refractivity contribution >= 4 is 39.1 Å². The average molecular weight is 475 g/mol. The minimum absolute atomic E-state index is 0.387. The van der Waals surface area contributed by atoms with Crippen LogP contribution in [0.5, 0.6) is 11.5 Å². The van der Waals surface area contributed by atoms with Gasteiger partial charge in [0.2, 0.25) is 0 Å². The molecule has 0 spiro atoms. The van der Waals surface area contributed by atoms with Crippen LogP contribution in [0.1, 0.15) is 44.2 Å².